The van der Waals surface area contributed by atoms with E-state index in [0.717, 1.165) is 0 Å². The molecule has 1 rings (SSSR count). The average molecular weight is 316 g/mol. The fourth-order valence-corrected chi connectivity index (χ4v) is 1.66. The number of hydrogen-bond acceptors (Lipinski definition) is 4. The Bertz CT molecular complexity index is 455. The van der Waals surface area contributed by atoms with Gasteiger partial charge in [0.25, 0.3) is 5.91 Å². The summed E-state index contributed by atoms with van der Waals surface area (Å²) in [6, 6.07) is 6.88. The first-order valence-electron chi connectivity index (χ1n) is 6.55. The highest BCUT2D eigenvalue weighted by molar-refractivity contribution is 6.03. The number of anilines is 1. The lowest BCUT2D eigenvalue weighted by Gasteiger charge is -2.11. The summed E-state index contributed by atoms with van der Waals surface area (Å²) in [5.41, 5.74) is 6.28. The SMILES string of the molecule is COCCCC(=O)Nc1ccccc1C(=O)NCCN.Cl. The van der Waals surface area contributed by atoms with Crippen LogP contribution in [0.2, 0.25) is 0 Å². The van der Waals surface area contributed by atoms with Crippen LogP contribution in [0, 0.1) is 0 Å². The Kier molecular flexibility index (Phi) is 10.2. The van der Waals surface area contributed by atoms with E-state index in [4.69, 9.17) is 10.5 Å². The molecule has 0 aliphatic heterocycles. The lowest BCUT2D eigenvalue weighted by molar-refractivity contribution is -0.116. The van der Waals surface area contributed by atoms with Crippen molar-refractivity contribution < 1.29 is 14.3 Å². The number of rotatable bonds is 8. The number of methoxy groups -OCH3 is 1. The van der Waals surface area contributed by atoms with Gasteiger partial charge in [0.2, 0.25) is 5.91 Å². The number of para-hydroxylation sites is 1. The zero-order valence-electron chi connectivity index (χ0n) is 12.1. The van der Waals surface area contributed by atoms with E-state index in [1.165, 1.54) is 0 Å². The van der Waals surface area contributed by atoms with Crippen LogP contribution >= 0.6 is 12.4 Å². The van der Waals surface area contributed by atoms with E-state index in [0.29, 0.717) is 43.8 Å². The fraction of sp³-hybridized carbons (Fsp3) is 0.429. The number of amides is 2. The van der Waals surface area contributed by atoms with E-state index >= 15 is 0 Å². The molecule has 0 fully saturated rings. The largest absolute Gasteiger partial charge is 0.385 e. The summed E-state index contributed by atoms with van der Waals surface area (Å²) >= 11 is 0. The van der Waals surface area contributed by atoms with Crippen molar-refractivity contribution in [2.45, 2.75) is 12.8 Å². The quantitative estimate of drug-likeness (QED) is 0.628. The van der Waals surface area contributed by atoms with Crippen LogP contribution in [-0.4, -0.2) is 38.6 Å². The van der Waals surface area contributed by atoms with E-state index in [9.17, 15) is 9.59 Å². The topological polar surface area (TPSA) is 93.4 Å². The van der Waals surface area contributed by atoms with Gasteiger partial charge in [-0.3, -0.25) is 9.59 Å². The van der Waals surface area contributed by atoms with Crippen LogP contribution in [-0.2, 0) is 9.53 Å². The predicted molar refractivity (Wildman–Crippen MR) is 84.8 cm³/mol. The smallest absolute Gasteiger partial charge is 0.253 e. The highest BCUT2D eigenvalue weighted by atomic mass is 35.5. The molecule has 0 aliphatic carbocycles. The second kappa shape index (κ2) is 11.1. The van der Waals surface area contributed by atoms with Crippen LogP contribution in [0.1, 0.15) is 23.2 Å². The van der Waals surface area contributed by atoms with Gasteiger partial charge in [-0.2, -0.15) is 0 Å². The highest BCUT2D eigenvalue weighted by Crippen LogP contribution is 2.15. The Labute approximate surface area is 130 Å². The molecule has 118 valence electrons. The minimum atomic E-state index is -0.247. The third-order valence-corrected chi connectivity index (χ3v) is 2.63. The van der Waals surface area contributed by atoms with Crippen LogP contribution < -0.4 is 16.4 Å². The Morgan fingerprint density at radius 2 is 2.00 bits per heavy atom. The normalized spacial score (nSPS) is 9.62. The van der Waals surface area contributed by atoms with Crippen LogP contribution in [0.3, 0.4) is 0 Å². The molecule has 0 atom stereocenters. The van der Waals surface area contributed by atoms with Crippen LogP contribution in [0.15, 0.2) is 24.3 Å². The molecular formula is C14H22ClN3O3. The minimum Gasteiger partial charge on any atom is -0.385 e. The number of carbonyl (C=O) groups is 2. The van der Waals surface area contributed by atoms with Gasteiger partial charge in [0.1, 0.15) is 0 Å². The van der Waals surface area contributed by atoms with Gasteiger partial charge in [0.05, 0.1) is 11.3 Å². The second-order valence-corrected chi connectivity index (χ2v) is 4.23. The van der Waals surface area contributed by atoms with Gasteiger partial charge < -0.3 is 21.1 Å². The number of halogens is 1. The Hall–Kier alpha value is -1.63. The molecular weight excluding hydrogens is 294 g/mol. The van der Waals surface area contributed by atoms with Gasteiger partial charge >= 0.3 is 0 Å². The summed E-state index contributed by atoms with van der Waals surface area (Å²) < 4.78 is 4.89. The van der Waals surface area contributed by atoms with Crippen molar-refractivity contribution in [3.63, 3.8) is 0 Å². The summed E-state index contributed by atoms with van der Waals surface area (Å²) in [6.07, 6.45) is 0.996. The number of hydrogen-bond donors (Lipinski definition) is 3. The molecule has 1 aromatic rings. The fourth-order valence-electron chi connectivity index (χ4n) is 1.66. The summed E-state index contributed by atoms with van der Waals surface area (Å²) in [5, 5.41) is 5.42. The van der Waals surface area contributed by atoms with E-state index in [1.54, 1.807) is 31.4 Å². The number of carbonyl (C=O) groups excluding carboxylic acids is 2. The predicted octanol–water partition coefficient (Wildman–Crippen LogP) is 1.16. The third kappa shape index (κ3) is 7.08. The average Bonchev–Trinajstić information content (AvgIpc) is 2.45. The first-order valence-corrected chi connectivity index (χ1v) is 6.55. The molecule has 4 N–H and O–H groups in total. The van der Waals surface area contributed by atoms with Crippen molar-refractivity contribution in [2.75, 3.05) is 32.1 Å². The van der Waals surface area contributed by atoms with Gasteiger partial charge in [-0.05, 0) is 18.6 Å². The van der Waals surface area contributed by atoms with Gasteiger partial charge in [0, 0.05) is 33.2 Å². The van der Waals surface area contributed by atoms with Gasteiger partial charge in [-0.15, -0.1) is 12.4 Å². The van der Waals surface area contributed by atoms with Gasteiger partial charge in [0.15, 0.2) is 0 Å². The molecule has 0 bridgehead atoms. The maximum absolute atomic E-state index is 11.9. The van der Waals surface area contributed by atoms with E-state index in [1.807, 2.05) is 0 Å². The molecule has 7 heteroatoms. The highest BCUT2D eigenvalue weighted by Gasteiger charge is 2.12. The molecule has 0 aliphatic rings. The van der Waals surface area contributed by atoms with Crippen molar-refractivity contribution in [1.29, 1.82) is 0 Å². The van der Waals surface area contributed by atoms with E-state index in [-0.39, 0.29) is 24.2 Å². The maximum Gasteiger partial charge on any atom is 0.253 e. The standard InChI is InChI=1S/C14H21N3O3.ClH/c1-20-10-4-7-13(18)17-12-6-3-2-5-11(12)14(19)16-9-8-15;/h2-3,5-6H,4,7-10,15H2,1H3,(H,16,19)(H,17,18);1H. The van der Waals surface area contributed by atoms with Crippen molar-refractivity contribution in [3.8, 4) is 0 Å². The Morgan fingerprint density at radius 3 is 2.67 bits per heavy atom. The molecule has 0 aromatic heterocycles. The molecule has 0 unspecified atom stereocenters. The van der Waals surface area contributed by atoms with Crippen molar-refractivity contribution >= 4 is 29.9 Å². The number of ether oxygens (including phenoxy) is 1. The zero-order chi connectivity index (χ0) is 14.8. The molecule has 0 radical (unpaired) electrons. The second-order valence-electron chi connectivity index (χ2n) is 4.23. The molecule has 1 aromatic carbocycles. The molecule has 0 heterocycles. The monoisotopic (exact) mass is 315 g/mol. The number of nitrogens with one attached hydrogen (secondary N) is 2. The third-order valence-electron chi connectivity index (χ3n) is 2.63. The number of nitrogens with two attached hydrogens (primary N) is 1. The van der Waals surface area contributed by atoms with Crippen LogP contribution in [0.25, 0.3) is 0 Å². The number of benzene rings is 1. The van der Waals surface area contributed by atoms with Crippen molar-refractivity contribution in [1.82, 2.24) is 5.32 Å². The zero-order valence-corrected chi connectivity index (χ0v) is 12.9. The lowest BCUT2D eigenvalue weighted by atomic mass is 10.1. The summed E-state index contributed by atoms with van der Waals surface area (Å²) in [6.45, 7) is 1.30. The summed E-state index contributed by atoms with van der Waals surface area (Å²) in [7, 11) is 1.59. The first kappa shape index (κ1) is 19.4. The molecule has 0 spiro atoms. The molecule has 0 saturated heterocycles. The van der Waals surface area contributed by atoms with E-state index < -0.39 is 0 Å². The summed E-state index contributed by atoms with van der Waals surface area (Å²) in [4.78, 5) is 23.7. The molecule has 6 nitrogen and oxygen atoms in total. The Balaban J connectivity index is 0.00000400. The van der Waals surface area contributed by atoms with Crippen LogP contribution in [0.4, 0.5) is 5.69 Å². The minimum absolute atomic E-state index is 0. The first-order chi connectivity index (χ1) is 9.69. The molecule has 0 saturated carbocycles. The summed E-state index contributed by atoms with van der Waals surface area (Å²) in [5.74, 6) is -0.385. The van der Waals surface area contributed by atoms with Crippen molar-refractivity contribution in [2.24, 2.45) is 5.73 Å². The lowest BCUT2D eigenvalue weighted by Crippen LogP contribution is -2.30. The molecule has 21 heavy (non-hydrogen) atoms. The van der Waals surface area contributed by atoms with E-state index in [2.05, 4.69) is 10.6 Å². The van der Waals surface area contributed by atoms with Crippen molar-refractivity contribution in [3.05, 3.63) is 29.8 Å². The Morgan fingerprint density at radius 1 is 1.29 bits per heavy atom. The van der Waals surface area contributed by atoms with Crippen LogP contribution in [0.5, 0.6) is 0 Å². The molecule has 2 amide bonds. The maximum atomic E-state index is 11.9. The van der Waals surface area contributed by atoms with Gasteiger partial charge in [-0.1, -0.05) is 12.1 Å². The van der Waals surface area contributed by atoms with Gasteiger partial charge in [-0.25, -0.2) is 0 Å².